The van der Waals surface area contributed by atoms with Crippen molar-refractivity contribution >= 4 is 15.9 Å². The van der Waals surface area contributed by atoms with E-state index in [1.54, 1.807) is 12.2 Å². The van der Waals surface area contributed by atoms with Gasteiger partial charge in [0.05, 0.1) is 0 Å². The molecule has 0 aliphatic heterocycles. The van der Waals surface area contributed by atoms with Gasteiger partial charge in [-0.05, 0) is 30.8 Å². The third kappa shape index (κ3) is 1.89. The average molecular weight is 228 g/mol. The van der Waals surface area contributed by atoms with Crippen LogP contribution < -0.4 is 0 Å². The molecule has 1 fully saturated rings. The molecule has 82 valence electrons. The van der Waals surface area contributed by atoms with Gasteiger partial charge < -0.3 is 0 Å². The summed E-state index contributed by atoms with van der Waals surface area (Å²) in [7, 11) is -4.24. The smallest absolute Gasteiger partial charge is 0.275 e. The second-order valence-corrected chi connectivity index (χ2v) is 5.53. The third-order valence-corrected chi connectivity index (χ3v) is 4.15. The lowest BCUT2D eigenvalue weighted by molar-refractivity contribution is -0.116. The van der Waals surface area contributed by atoms with Crippen molar-refractivity contribution in [2.75, 3.05) is 0 Å². The van der Waals surface area contributed by atoms with Gasteiger partial charge in [-0.3, -0.25) is 9.35 Å². The van der Waals surface area contributed by atoms with Gasteiger partial charge in [0.2, 0.25) is 0 Å². The van der Waals surface area contributed by atoms with Crippen LogP contribution in [0.4, 0.5) is 0 Å². The maximum absolute atomic E-state index is 11.8. The molecule has 0 aromatic heterocycles. The van der Waals surface area contributed by atoms with Gasteiger partial charge >= 0.3 is 0 Å². The summed E-state index contributed by atoms with van der Waals surface area (Å²) in [5, 5.41) is -1.24. The predicted molar refractivity (Wildman–Crippen MR) is 54.9 cm³/mol. The Morgan fingerprint density at radius 1 is 1.33 bits per heavy atom. The summed E-state index contributed by atoms with van der Waals surface area (Å²) in [6.07, 6.45) is 7.05. The molecule has 0 aromatic rings. The monoisotopic (exact) mass is 228 g/mol. The molecule has 0 spiro atoms. The van der Waals surface area contributed by atoms with Crippen molar-refractivity contribution in [2.45, 2.75) is 24.5 Å². The fraction of sp³-hybridized carbons (Fsp3) is 0.500. The quantitative estimate of drug-likeness (QED) is 0.682. The first-order valence-corrected chi connectivity index (χ1v) is 6.37. The number of carbonyl (C=O) groups excluding carboxylic acids is 1. The molecule has 2 atom stereocenters. The highest BCUT2D eigenvalue weighted by Gasteiger charge is 2.39. The van der Waals surface area contributed by atoms with E-state index in [0.29, 0.717) is 12.0 Å². The summed E-state index contributed by atoms with van der Waals surface area (Å²) in [4.78, 5) is 11.8. The van der Waals surface area contributed by atoms with Crippen molar-refractivity contribution in [1.29, 1.82) is 0 Å². The van der Waals surface area contributed by atoms with Gasteiger partial charge in [0.25, 0.3) is 10.1 Å². The number of fused-ring (bicyclic) bond motifs is 1. The number of Topliss-reactive ketones (excluding diaryl/α,β-unsaturated/α-hetero) is 1. The second-order valence-electron chi connectivity index (χ2n) is 3.93. The van der Waals surface area contributed by atoms with Crippen LogP contribution in [-0.4, -0.2) is 24.0 Å². The lowest BCUT2D eigenvalue weighted by Crippen LogP contribution is -2.38. The molecule has 0 heterocycles. The van der Waals surface area contributed by atoms with Crippen LogP contribution in [0.5, 0.6) is 0 Å². The molecule has 15 heavy (non-hydrogen) atoms. The van der Waals surface area contributed by atoms with E-state index in [9.17, 15) is 13.2 Å². The lowest BCUT2D eigenvalue weighted by Gasteiger charge is -2.29. The first-order chi connectivity index (χ1) is 7.00. The molecule has 4 nitrogen and oxygen atoms in total. The number of allylic oxidation sites excluding steroid dienone is 4. The summed E-state index contributed by atoms with van der Waals surface area (Å²) in [5.41, 5.74) is 0.548. The molecule has 2 rings (SSSR count). The Morgan fingerprint density at radius 2 is 2.07 bits per heavy atom. The molecular weight excluding hydrogens is 216 g/mol. The zero-order chi connectivity index (χ0) is 11.1. The van der Waals surface area contributed by atoms with E-state index in [4.69, 9.17) is 4.55 Å². The summed E-state index contributed by atoms with van der Waals surface area (Å²) < 4.78 is 30.8. The van der Waals surface area contributed by atoms with Crippen LogP contribution in [0, 0.1) is 5.92 Å². The van der Waals surface area contributed by atoms with E-state index in [2.05, 4.69) is 0 Å². The number of ketones is 1. The molecule has 2 aliphatic rings. The molecule has 5 heteroatoms. The number of hydrogen-bond donors (Lipinski definition) is 1. The largest absolute Gasteiger partial charge is 0.293 e. The van der Waals surface area contributed by atoms with Gasteiger partial charge in [-0.25, -0.2) is 0 Å². The van der Waals surface area contributed by atoms with Crippen LogP contribution in [0.25, 0.3) is 0 Å². The first-order valence-electron chi connectivity index (χ1n) is 4.87. The number of rotatable bonds is 1. The molecular formula is C10H12O4S. The minimum atomic E-state index is -4.24. The highest BCUT2D eigenvalue weighted by molar-refractivity contribution is 7.87. The van der Waals surface area contributed by atoms with E-state index in [1.807, 2.05) is 6.08 Å². The van der Waals surface area contributed by atoms with Gasteiger partial charge in [-0.1, -0.05) is 18.2 Å². The van der Waals surface area contributed by atoms with E-state index in [-0.39, 0.29) is 12.3 Å². The highest BCUT2D eigenvalue weighted by atomic mass is 32.2. The Kier molecular flexibility index (Phi) is 2.52. The minimum absolute atomic E-state index is 0.139. The Hall–Kier alpha value is -0.940. The van der Waals surface area contributed by atoms with Crippen LogP contribution in [0.3, 0.4) is 0 Å². The van der Waals surface area contributed by atoms with Gasteiger partial charge in [0.15, 0.2) is 5.78 Å². The molecule has 1 saturated carbocycles. The number of hydrogen-bond acceptors (Lipinski definition) is 3. The first kappa shape index (κ1) is 10.6. The van der Waals surface area contributed by atoms with Crippen LogP contribution in [0.2, 0.25) is 0 Å². The molecule has 2 aliphatic carbocycles. The fourth-order valence-electron chi connectivity index (χ4n) is 2.19. The molecule has 0 amide bonds. The molecule has 0 bridgehead atoms. The summed E-state index contributed by atoms with van der Waals surface area (Å²) in [5.74, 6) is -0.293. The van der Waals surface area contributed by atoms with E-state index in [0.717, 1.165) is 6.42 Å². The SMILES string of the molecule is O=C1C2=CC=CCC2CCC1S(=O)(=O)O. The Morgan fingerprint density at radius 3 is 2.73 bits per heavy atom. The summed E-state index contributed by atoms with van der Waals surface area (Å²) in [6.45, 7) is 0. The molecule has 0 aromatic carbocycles. The second kappa shape index (κ2) is 3.57. The van der Waals surface area contributed by atoms with Crippen LogP contribution in [0.1, 0.15) is 19.3 Å². The maximum Gasteiger partial charge on any atom is 0.275 e. The summed E-state index contributed by atoms with van der Waals surface area (Å²) in [6, 6.07) is 0. The average Bonchev–Trinajstić information content (AvgIpc) is 2.16. The van der Waals surface area contributed by atoms with Crippen molar-refractivity contribution in [3.05, 3.63) is 23.8 Å². The minimum Gasteiger partial charge on any atom is -0.293 e. The molecule has 2 unspecified atom stereocenters. The normalized spacial score (nSPS) is 31.0. The highest BCUT2D eigenvalue weighted by Crippen LogP contribution is 2.34. The van der Waals surface area contributed by atoms with Crippen molar-refractivity contribution < 1.29 is 17.8 Å². The number of carbonyl (C=O) groups is 1. The zero-order valence-electron chi connectivity index (χ0n) is 8.09. The molecule has 0 saturated heterocycles. The van der Waals surface area contributed by atoms with E-state index in [1.165, 1.54) is 0 Å². The van der Waals surface area contributed by atoms with Gasteiger partial charge in [-0.15, -0.1) is 0 Å². The fourth-order valence-corrected chi connectivity index (χ4v) is 3.03. The van der Waals surface area contributed by atoms with Crippen molar-refractivity contribution in [2.24, 2.45) is 5.92 Å². The van der Waals surface area contributed by atoms with Crippen LogP contribution in [-0.2, 0) is 14.9 Å². The zero-order valence-corrected chi connectivity index (χ0v) is 8.90. The van der Waals surface area contributed by atoms with Crippen molar-refractivity contribution in [3.8, 4) is 0 Å². The Labute approximate surface area is 88.4 Å². The van der Waals surface area contributed by atoms with Crippen LogP contribution >= 0.6 is 0 Å². The molecule has 0 radical (unpaired) electrons. The van der Waals surface area contributed by atoms with E-state index < -0.39 is 21.2 Å². The van der Waals surface area contributed by atoms with Gasteiger partial charge in [-0.2, -0.15) is 8.42 Å². The van der Waals surface area contributed by atoms with Gasteiger partial charge in [0, 0.05) is 0 Å². The van der Waals surface area contributed by atoms with Crippen LogP contribution in [0.15, 0.2) is 23.8 Å². The van der Waals surface area contributed by atoms with E-state index >= 15 is 0 Å². The standard InChI is InChI=1S/C10H12O4S/c11-10-8-4-2-1-3-7(8)5-6-9(10)15(12,13)14/h1-2,4,7,9H,3,5-6H2,(H,12,13,14). The van der Waals surface area contributed by atoms with Gasteiger partial charge in [0.1, 0.15) is 5.25 Å². The predicted octanol–water partition coefficient (Wildman–Crippen LogP) is 1.11. The Balaban J connectivity index is 2.33. The molecule has 1 N–H and O–H groups in total. The maximum atomic E-state index is 11.8. The summed E-state index contributed by atoms with van der Waals surface area (Å²) >= 11 is 0. The lowest BCUT2D eigenvalue weighted by atomic mass is 9.79. The Bertz CT molecular complexity index is 444. The topological polar surface area (TPSA) is 71.4 Å². The van der Waals surface area contributed by atoms with Crippen molar-refractivity contribution in [1.82, 2.24) is 0 Å². The van der Waals surface area contributed by atoms with Crippen molar-refractivity contribution in [3.63, 3.8) is 0 Å². The third-order valence-electron chi connectivity index (χ3n) is 2.99.